The van der Waals surface area contributed by atoms with Gasteiger partial charge in [-0.15, -0.1) is 0 Å². The monoisotopic (exact) mass is 364 g/mol. The van der Waals surface area contributed by atoms with Gasteiger partial charge in [0.1, 0.15) is 0 Å². The van der Waals surface area contributed by atoms with E-state index in [1.165, 1.54) is 16.6 Å². The first-order chi connectivity index (χ1) is 12.3. The highest BCUT2D eigenvalue weighted by atomic mass is 35.5. The molecule has 0 saturated heterocycles. The van der Waals surface area contributed by atoms with Crippen LogP contribution in [-0.4, -0.2) is 9.55 Å². The Morgan fingerprint density at radius 2 is 1.52 bits per heavy atom. The van der Waals surface area contributed by atoms with Gasteiger partial charge in [0.05, 0.1) is 17.6 Å². The molecule has 0 aliphatic heterocycles. The number of para-hydroxylation sites is 2. The normalized spacial score (nSPS) is 11.1. The number of benzene rings is 3. The van der Waals surface area contributed by atoms with Crippen LogP contribution in [0.15, 0.2) is 84.0 Å². The summed E-state index contributed by atoms with van der Waals surface area (Å²) in [6.45, 7) is 0.824. The van der Waals surface area contributed by atoms with Gasteiger partial charge in [0, 0.05) is 10.8 Å². The van der Waals surface area contributed by atoms with Crippen molar-refractivity contribution in [1.29, 1.82) is 0 Å². The number of fused-ring (bicyclic) bond motifs is 1. The van der Waals surface area contributed by atoms with Crippen molar-refractivity contribution in [3.63, 3.8) is 0 Å². The van der Waals surface area contributed by atoms with Crippen molar-refractivity contribution in [2.45, 2.75) is 17.5 Å². The number of hydrogen-bond acceptors (Lipinski definition) is 2. The second-order valence-corrected chi connectivity index (χ2v) is 7.25. The zero-order valence-electron chi connectivity index (χ0n) is 13.6. The van der Waals surface area contributed by atoms with Gasteiger partial charge in [-0.25, -0.2) is 4.98 Å². The Morgan fingerprint density at radius 3 is 2.32 bits per heavy atom. The third kappa shape index (κ3) is 3.73. The summed E-state index contributed by atoms with van der Waals surface area (Å²) in [6, 6.07) is 26.8. The van der Waals surface area contributed by atoms with Gasteiger partial charge < -0.3 is 4.57 Å². The Hall–Kier alpha value is -2.23. The van der Waals surface area contributed by atoms with Crippen LogP contribution in [0.3, 0.4) is 0 Å². The molecule has 0 N–H and O–H groups in total. The average Bonchev–Trinajstić information content (AvgIpc) is 3.00. The molecule has 0 saturated carbocycles. The zero-order chi connectivity index (χ0) is 17.1. The van der Waals surface area contributed by atoms with E-state index in [0.717, 1.165) is 28.0 Å². The van der Waals surface area contributed by atoms with Crippen molar-refractivity contribution in [3.05, 3.63) is 95.0 Å². The lowest BCUT2D eigenvalue weighted by molar-refractivity contribution is 0.731. The van der Waals surface area contributed by atoms with E-state index in [9.17, 15) is 0 Å². The lowest BCUT2D eigenvalue weighted by Gasteiger charge is -2.09. The summed E-state index contributed by atoms with van der Waals surface area (Å²) in [4.78, 5) is 4.84. The third-order valence-corrected chi connectivity index (χ3v) is 5.38. The van der Waals surface area contributed by atoms with E-state index in [1.54, 1.807) is 11.8 Å². The first-order valence-electron chi connectivity index (χ1n) is 8.16. The van der Waals surface area contributed by atoms with E-state index < -0.39 is 0 Å². The van der Waals surface area contributed by atoms with Crippen LogP contribution in [-0.2, 0) is 12.3 Å². The molecular formula is C21H17ClN2S. The van der Waals surface area contributed by atoms with Gasteiger partial charge in [0.25, 0.3) is 0 Å². The van der Waals surface area contributed by atoms with Crippen LogP contribution >= 0.6 is 23.4 Å². The minimum absolute atomic E-state index is 0.769. The van der Waals surface area contributed by atoms with Gasteiger partial charge in [-0.2, -0.15) is 0 Å². The van der Waals surface area contributed by atoms with E-state index in [1.807, 2.05) is 24.3 Å². The number of halogens is 1. The van der Waals surface area contributed by atoms with E-state index >= 15 is 0 Å². The summed E-state index contributed by atoms with van der Waals surface area (Å²) in [6.07, 6.45) is 0. The standard InChI is InChI=1S/C21H17ClN2S/c22-18-12-10-17(11-13-18)15-25-21-23-19-8-4-5-9-20(19)24(21)14-16-6-2-1-3-7-16/h1-13H,14-15H2. The van der Waals surface area contributed by atoms with Gasteiger partial charge in [-0.3, -0.25) is 0 Å². The Labute approximate surface area is 156 Å². The zero-order valence-corrected chi connectivity index (χ0v) is 15.2. The number of hydrogen-bond donors (Lipinski definition) is 0. The second-order valence-electron chi connectivity index (χ2n) is 5.87. The summed E-state index contributed by atoms with van der Waals surface area (Å²) in [5.74, 6) is 0.870. The molecule has 0 fully saturated rings. The van der Waals surface area contributed by atoms with Gasteiger partial charge in [-0.1, -0.05) is 78.0 Å². The van der Waals surface area contributed by atoms with Gasteiger partial charge in [0.2, 0.25) is 0 Å². The summed E-state index contributed by atoms with van der Waals surface area (Å²) in [5, 5.41) is 1.81. The minimum Gasteiger partial charge on any atom is -0.314 e. The van der Waals surface area contributed by atoms with Crippen LogP contribution in [0.2, 0.25) is 5.02 Å². The third-order valence-electron chi connectivity index (χ3n) is 4.08. The second kappa shape index (κ2) is 7.34. The molecule has 3 aromatic carbocycles. The van der Waals surface area contributed by atoms with Gasteiger partial charge in [0.15, 0.2) is 5.16 Å². The van der Waals surface area contributed by atoms with Crippen LogP contribution in [0.1, 0.15) is 11.1 Å². The Bertz CT molecular complexity index is 978. The molecule has 1 aromatic heterocycles. The molecule has 0 aliphatic carbocycles. The molecule has 0 aliphatic rings. The summed E-state index contributed by atoms with van der Waals surface area (Å²) >= 11 is 7.73. The van der Waals surface area contributed by atoms with Gasteiger partial charge in [-0.05, 0) is 35.4 Å². The fourth-order valence-electron chi connectivity index (χ4n) is 2.81. The molecule has 0 unspecified atom stereocenters. The van der Waals surface area contributed by atoms with Crippen molar-refractivity contribution >= 4 is 34.4 Å². The van der Waals surface area contributed by atoms with Crippen molar-refractivity contribution in [1.82, 2.24) is 9.55 Å². The maximum Gasteiger partial charge on any atom is 0.169 e. The number of aromatic nitrogens is 2. The highest BCUT2D eigenvalue weighted by Crippen LogP contribution is 2.28. The maximum atomic E-state index is 5.97. The topological polar surface area (TPSA) is 17.8 Å². The first kappa shape index (κ1) is 16.2. The molecule has 1 heterocycles. The van der Waals surface area contributed by atoms with Crippen molar-refractivity contribution in [2.75, 3.05) is 0 Å². The summed E-state index contributed by atoms with van der Waals surface area (Å²) in [5.41, 5.74) is 4.73. The fraction of sp³-hybridized carbons (Fsp3) is 0.0952. The lowest BCUT2D eigenvalue weighted by Crippen LogP contribution is -2.01. The van der Waals surface area contributed by atoms with Gasteiger partial charge >= 0.3 is 0 Å². The predicted molar refractivity (Wildman–Crippen MR) is 106 cm³/mol. The van der Waals surface area contributed by atoms with E-state index in [-0.39, 0.29) is 0 Å². The highest BCUT2D eigenvalue weighted by Gasteiger charge is 2.11. The van der Waals surface area contributed by atoms with E-state index in [4.69, 9.17) is 16.6 Å². The molecule has 0 atom stereocenters. The first-order valence-corrected chi connectivity index (χ1v) is 9.52. The van der Waals surface area contributed by atoms with Crippen molar-refractivity contribution < 1.29 is 0 Å². The molecule has 25 heavy (non-hydrogen) atoms. The van der Waals surface area contributed by atoms with Crippen LogP contribution in [0.5, 0.6) is 0 Å². The molecule has 2 nitrogen and oxygen atoms in total. The molecule has 0 amide bonds. The molecule has 4 rings (SSSR count). The number of rotatable bonds is 5. The SMILES string of the molecule is Clc1ccc(CSc2nc3ccccc3n2Cc2ccccc2)cc1. The van der Waals surface area contributed by atoms with Crippen molar-refractivity contribution in [3.8, 4) is 0 Å². The van der Waals surface area contributed by atoms with Crippen molar-refractivity contribution in [2.24, 2.45) is 0 Å². The Balaban J connectivity index is 1.65. The Kier molecular flexibility index (Phi) is 4.77. The number of nitrogens with zero attached hydrogens (tertiary/aromatic N) is 2. The van der Waals surface area contributed by atoms with Crippen LogP contribution in [0, 0.1) is 0 Å². The lowest BCUT2D eigenvalue weighted by atomic mass is 10.2. The largest absolute Gasteiger partial charge is 0.314 e. The fourth-order valence-corrected chi connectivity index (χ4v) is 3.91. The summed E-state index contributed by atoms with van der Waals surface area (Å²) < 4.78 is 2.30. The molecule has 0 radical (unpaired) electrons. The quantitative estimate of drug-likeness (QED) is 0.402. The molecule has 0 bridgehead atoms. The summed E-state index contributed by atoms with van der Waals surface area (Å²) in [7, 11) is 0. The smallest absolute Gasteiger partial charge is 0.169 e. The van der Waals surface area contributed by atoms with E-state index in [2.05, 4.69) is 59.2 Å². The molecule has 4 aromatic rings. The van der Waals surface area contributed by atoms with Crippen LogP contribution in [0.25, 0.3) is 11.0 Å². The molecule has 124 valence electrons. The average molecular weight is 365 g/mol. The number of imidazole rings is 1. The molecule has 0 spiro atoms. The Morgan fingerprint density at radius 1 is 0.800 bits per heavy atom. The maximum absolute atomic E-state index is 5.97. The molecular weight excluding hydrogens is 348 g/mol. The van der Waals surface area contributed by atoms with E-state index in [0.29, 0.717) is 0 Å². The highest BCUT2D eigenvalue weighted by molar-refractivity contribution is 7.98. The van der Waals surface area contributed by atoms with Crippen LogP contribution in [0.4, 0.5) is 0 Å². The van der Waals surface area contributed by atoms with Crippen LogP contribution < -0.4 is 0 Å². The predicted octanol–water partition coefficient (Wildman–Crippen LogP) is 6.03. The minimum atomic E-state index is 0.769. The molecule has 4 heteroatoms. The number of thioether (sulfide) groups is 1.